The molecule has 168 valence electrons. The smallest absolute Gasteiger partial charge is 0.243 e. The number of hydrogen-bond donors (Lipinski definition) is 2. The molecule has 0 aromatic heterocycles. The fraction of sp³-hybridized carbons (Fsp3) is 0.240. The Hall–Kier alpha value is -3.71. The van der Waals surface area contributed by atoms with Gasteiger partial charge in [0.05, 0.1) is 13.2 Å². The van der Waals surface area contributed by atoms with Crippen LogP contribution in [-0.2, 0) is 9.53 Å². The van der Waals surface area contributed by atoms with Gasteiger partial charge in [0, 0.05) is 24.6 Å². The van der Waals surface area contributed by atoms with Crippen molar-refractivity contribution in [2.24, 2.45) is 0 Å². The lowest BCUT2D eigenvalue weighted by Gasteiger charge is -2.11. The van der Waals surface area contributed by atoms with Gasteiger partial charge in [-0.2, -0.15) is 0 Å². The number of carbonyl (C=O) groups is 1. The second-order valence-electron chi connectivity index (χ2n) is 6.81. The molecular weight excluding hydrogens is 408 g/mol. The molecule has 3 rings (SSSR count). The lowest BCUT2D eigenvalue weighted by Crippen LogP contribution is -2.21. The van der Waals surface area contributed by atoms with Crippen molar-refractivity contribution in [1.82, 2.24) is 0 Å². The van der Waals surface area contributed by atoms with Crippen molar-refractivity contribution in [3.63, 3.8) is 0 Å². The molecule has 7 heteroatoms. The Morgan fingerprint density at radius 3 is 2.03 bits per heavy atom. The monoisotopic (exact) mass is 436 g/mol. The summed E-state index contributed by atoms with van der Waals surface area (Å²) < 4.78 is 21.8. The molecule has 0 aliphatic rings. The summed E-state index contributed by atoms with van der Waals surface area (Å²) in [4.78, 5) is 12.3. The van der Waals surface area contributed by atoms with Gasteiger partial charge in [0.2, 0.25) is 5.91 Å². The fourth-order valence-corrected chi connectivity index (χ4v) is 2.80. The summed E-state index contributed by atoms with van der Waals surface area (Å²) in [6.45, 7) is 2.00. The minimum atomic E-state index is -0.157. The van der Waals surface area contributed by atoms with E-state index in [4.69, 9.17) is 18.9 Å². The Morgan fingerprint density at radius 2 is 1.31 bits per heavy atom. The third-order valence-electron chi connectivity index (χ3n) is 4.35. The van der Waals surface area contributed by atoms with E-state index in [0.29, 0.717) is 37.9 Å². The summed E-state index contributed by atoms with van der Waals surface area (Å²) >= 11 is 0. The number of hydrogen-bond acceptors (Lipinski definition) is 6. The quantitative estimate of drug-likeness (QED) is 0.391. The van der Waals surface area contributed by atoms with Crippen LogP contribution in [0.15, 0.2) is 78.9 Å². The number of anilines is 2. The minimum absolute atomic E-state index is 0.139. The van der Waals surface area contributed by atoms with E-state index in [1.54, 1.807) is 13.2 Å². The molecular formula is C25H28N2O5. The average Bonchev–Trinajstić information content (AvgIpc) is 2.82. The van der Waals surface area contributed by atoms with E-state index < -0.39 is 0 Å². The van der Waals surface area contributed by atoms with Crippen LogP contribution in [-0.4, -0.2) is 46.0 Å². The number of carbonyl (C=O) groups excluding carboxylic acids is 1. The zero-order valence-corrected chi connectivity index (χ0v) is 18.1. The summed E-state index contributed by atoms with van der Waals surface area (Å²) in [6, 6.07) is 24.3. The number of rotatable bonds is 13. The van der Waals surface area contributed by atoms with Gasteiger partial charge < -0.3 is 29.6 Å². The Balaban J connectivity index is 1.38. The first-order valence-corrected chi connectivity index (χ1v) is 10.4. The van der Waals surface area contributed by atoms with Gasteiger partial charge in [0.1, 0.15) is 37.1 Å². The first-order chi connectivity index (χ1) is 15.7. The van der Waals surface area contributed by atoms with Gasteiger partial charge in [0.15, 0.2) is 0 Å². The van der Waals surface area contributed by atoms with Gasteiger partial charge in [-0.3, -0.25) is 4.79 Å². The highest BCUT2D eigenvalue weighted by molar-refractivity contribution is 5.93. The maximum absolute atomic E-state index is 12.3. The van der Waals surface area contributed by atoms with E-state index in [1.165, 1.54) is 0 Å². The molecule has 7 nitrogen and oxygen atoms in total. The highest BCUT2D eigenvalue weighted by Gasteiger charge is 2.04. The zero-order valence-electron chi connectivity index (χ0n) is 18.1. The molecule has 3 aromatic carbocycles. The normalized spacial score (nSPS) is 10.3. The fourth-order valence-electron chi connectivity index (χ4n) is 2.80. The van der Waals surface area contributed by atoms with Crippen molar-refractivity contribution in [2.75, 3.05) is 50.7 Å². The van der Waals surface area contributed by atoms with Crippen LogP contribution in [0.3, 0.4) is 0 Å². The average molecular weight is 437 g/mol. The van der Waals surface area contributed by atoms with Crippen LogP contribution in [0, 0.1) is 0 Å². The Bertz CT molecular complexity index is 948. The highest BCUT2D eigenvalue weighted by Crippen LogP contribution is 2.18. The Kier molecular flexibility index (Phi) is 9.23. The van der Waals surface area contributed by atoms with Gasteiger partial charge in [0.25, 0.3) is 0 Å². The number of para-hydroxylation sites is 1. The van der Waals surface area contributed by atoms with E-state index in [9.17, 15) is 4.79 Å². The lowest BCUT2D eigenvalue weighted by molar-refractivity contribution is -0.114. The van der Waals surface area contributed by atoms with Gasteiger partial charge in [-0.1, -0.05) is 24.3 Å². The van der Waals surface area contributed by atoms with Gasteiger partial charge >= 0.3 is 0 Å². The van der Waals surface area contributed by atoms with Crippen LogP contribution < -0.4 is 24.8 Å². The number of benzene rings is 3. The van der Waals surface area contributed by atoms with Crippen LogP contribution in [0.4, 0.5) is 11.4 Å². The molecule has 0 fully saturated rings. The maximum atomic E-state index is 12.3. The van der Waals surface area contributed by atoms with Gasteiger partial charge in [-0.15, -0.1) is 0 Å². The number of methoxy groups -OCH3 is 1. The summed E-state index contributed by atoms with van der Waals surface area (Å²) in [7, 11) is 1.63. The lowest BCUT2D eigenvalue weighted by atomic mass is 10.3. The van der Waals surface area contributed by atoms with Gasteiger partial charge in [-0.05, 0) is 48.5 Å². The standard InChI is InChI=1S/C25H28N2O5/c1-29-14-15-30-23-12-10-20(11-13-23)26-19-25(28)27-21-6-5-9-24(18-21)32-17-16-31-22-7-3-2-4-8-22/h2-13,18,26H,14-17,19H2,1H3,(H,27,28). The highest BCUT2D eigenvalue weighted by atomic mass is 16.5. The largest absolute Gasteiger partial charge is 0.491 e. The van der Waals surface area contributed by atoms with E-state index in [0.717, 1.165) is 17.2 Å². The molecule has 0 radical (unpaired) electrons. The molecule has 0 spiro atoms. The van der Waals surface area contributed by atoms with Crippen LogP contribution >= 0.6 is 0 Å². The first kappa shape index (κ1) is 23.0. The predicted molar refractivity (Wildman–Crippen MR) is 125 cm³/mol. The Labute approximate surface area is 188 Å². The number of ether oxygens (including phenoxy) is 4. The second kappa shape index (κ2) is 12.9. The molecule has 0 heterocycles. The van der Waals surface area contributed by atoms with E-state index in [1.807, 2.05) is 72.8 Å². The van der Waals surface area contributed by atoms with Gasteiger partial charge in [-0.25, -0.2) is 0 Å². The zero-order chi connectivity index (χ0) is 22.4. The van der Waals surface area contributed by atoms with Crippen LogP contribution in [0.2, 0.25) is 0 Å². The van der Waals surface area contributed by atoms with Crippen molar-refractivity contribution in [3.8, 4) is 17.2 Å². The first-order valence-electron chi connectivity index (χ1n) is 10.4. The van der Waals surface area contributed by atoms with E-state index >= 15 is 0 Å². The second-order valence-corrected chi connectivity index (χ2v) is 6.81. The molecule has 0 saturated carbocycles. The topological polar surface area (TPSA) is 78.1 Å². The van der Waals surface area contributed by atoms with Crippen molar-refractivity contribution in [3.05, 3.63) is 78.9 Å². The Morgan fingerprint density at radius 1 is 0.688 bits per heavy atom. The van der Waals surface area contributed by atoms with Crippen molar-refractivity contribution in [1.29, 1.82) is 0 Å². The summed E-state index contributed by atoms with van der Waals surface area (Å²) in [5, 5.41) is 5.95. The third kappa shape index (κ3) is 8.20. The predicted octanol–water partition coefficient (Wildman–Crippen LogP) is 4.22. The van der Waals surface area contributed by atoms with E-state index in [2.05, 4.69) is 10.6 Å². The molecule has 0 aliphatic heterocycles. The minimum Gasteiger partial charge on any atom is -0.491 e. The SMILES string of the molecule is COCCOc1ccc(NCC(=O)Nc2cccc(OCCOc3ccccc3)c2)cc1. The third-order valence-corrected chi connectivity index (χ3v) is 4.35. The van der Waals surface area contributed by atoms with Crippen LogP contribution in [0.1, 0.15) is 0 Å². The maximum Gasteiger partial charge on any atom is 0.243 e. The van der Waals surface area contributed by atoms with Crippen molar-refractivity contribution in [2.45, 2.75) is 0 Å². The van der Waals surface area contributed by atoms with E-state index in [-0.39, 0.29) is 12.5 Å². The summed E-state index contributed by atoms with van der Waals surface area (Å²) in [5.74, 6) is 2.06. The molecule has 0 aliphatic carbocycles. The van der Waals surface area contributed by atoms with Crippen LogP contribution in [0.25, 0.3) is 0 Å². The number of amides is 1. The van der Waals surface area contributed by atoms with Crippen molar-refractivity contribution >= 4 is 17.3 Å². The summed E-state index contributed by atoms with van der Waals surface area (Å²) in [6.07, 6.45) is 0. The molecule has 2 N–H and O–H groups in total. The molecule has 1 amide bonds. The van der Waals surface area contributed by atoms with Crippen LogP contribution in [0.5, 0.6) is 17.2 Å². The van der Waals surface area contributed by atoms with Crippen molar-refractivity contribution < 1.29 is 23.7 Å². The molecule has 3 aromatic rings. The molecule has 0 bridgehead atoms. The molecule has 0 saturated heterocycles. The molecule has 32 heavy (non-hydrogen) atoms. The molecule has 0 atom stereocenters. The molecule has 0 unspecified atom stereocenters. The summed E-state index contributed by atoms with van der Waals surface area (Å²) in [5.41, 5.74) is 1.50. The number of nitrogens with one attached hydrogen (secondary N) is 2.